The first-order valence-electron chi connectivity index (χ1n) is 5.48. The highest BCUT2D eigenvalue weighted by Gasteiger charge is 2.15. The summed E-state index contributed by atoms with van der Waals surface area (Å²) in [5, 5.41) is 11.7. The lowest BCUT2D eigenvalue weighted by Gasteiger charge is -2.13. The Morgan fingerprint density at radius 3 is 2.65 bits per heavy atom. The van der Waals surface area contributed by atoms with Crippen LogP contribution in [0.25, 0.3) is 0 Å². The van der Waals surface area contributed by atoms with Crippen LogP contribution in [0.4, 0.5) is 4.39 Å². The lowest BCUT2D eigenvalue weighted by atomic mass is 10.2. The summed E-state index contributed by atoms with van der Waals surface area (Å²) in [4.78, 5) is 10.8. The molecule has 5 heteroatoms. The highest BCUT2D eigenvalue weighted by atomic mass is 19.1. The van der Waals surface area contributed by atoms with Crippen LogP contribution in [0.3, 0.4) is 0 Å². The normalized spacial score (nSPS) is 12.1. The van der Waals surface area contributed by atoms with Crippen LogP contribution in [0.2, 0.25) is 0 Å². The van der Waals surface area contributed by atoms with Crippen molar-refractivity contribution in [3.05, 3.63) is 30.1 Å². The maximum absolute atomic E-state index is 12.6. The summed E-state index contributed by atoms with van der Waals surface area (Å²) < 4.78 is 17.9. The molecule has 1 aromatic rings. The Balaban J connectivity index is 2.35. The van der Waals surface area contributed by atoms with Crippen molar-refractivity contribution in [2.45, 2.75) is 19.4 Å². The number of rotatable bonds is 7. The summed E-state index contributed by atoms with van der Waals surface area (Å²) in [6.07, 6.45) is 0.362. The minimum absolute atomic E-state index is 0.273. The standard InChI is InChI=1S/C12H16FNO3/c1-2-14-11(12(15)16)7-8-17-10-5-3-9(13)4-6-10/h3-6,11,14H,2,7-8H2,1H3,(H,15,16). The van der Waals surface area contributed by atoms with E-state index in [9.17, 15) is 9.18 Å². The quantitative estimate of drug-likeness (QED) is 0.762. The third kappa shape index (κ3) is 4.82. The Labute approximate surface area is 99.4 Å². The SMILES string of the molecule is CCNC(CCOc1ccc(F)cc1)C(=O)O. The molecule has 1 unspecified atom stereocenters. The van der Waals surface area contributed by atoms with Crippen molar-refractivity contribution in [1.82, 2.24) is 5.32 Å². The second-order valence-corrected chi connectivity index (χ2v) is 3.54. The van der Waals surface area contributed by atoms with Gasteiger partial charge in [0.2, 0.25) is 0 Å². The van der Waals surface area contributed by atoms with Crippen LogP contribution < -0.4 is 10.1 Å². The van der Waals surface area contributed by atoms with E-state index >= 15 is 0 Å². The van der Waals surface area contributed by atoms with Crippen LogP contribution >= 0.6 is 0 Å². The smallest absolute Gasteiger partial charge is 0.320 e. The molecule has 0 fully saturated rings. The molecule has 0 aliphatic heterocycles. The number of likely N-dealkylation sites (N-methyl/N-ethyl adjacent to an activating group) is 1. The Bertz CT molecular complexity index is 353. The van der Waals surface area contributed by atoms with E-state index in [4.69, 9.17) is 9.84 Å². The second-order valence-electron chi connectivity index (χ2n) is 3.54. The van der Waals surface area contributed by atoms with Crippen molar-refractivity contribution in [1.29, 1.82) is 0 Å². The van der Waals surface area contributed by atoms with E-state index in [2.05, 4.69) is 5.32 Å². The number of hydrogen-bond donors (Lipinski definition) is 2. The van der Waals surface area contributed by atoms with E-state index < -0.39 is 12.0 Å². The molecule has 17 heavy (non-hydrogen) atoms. The van der Waals surface area contributed by atoms with Crippen LogP contribution in [0.15, 0.2) is 24.3 Å². The number of aliphatic carboxylic acids is 1. The number of benzene rings is 1. The highest BCUT2D eigenvalue weighted by molar-refractivity contribution is 5.73. The maximum atomic E-state index is 12.6. The fourth-order valence-electron chi connectivity index (χ4n) is 1.38. The summed E-state index contributed by atoms with van der Waals surface area (Å²) >= 11 is 0. The molecular formula is C12H16FNO3. The molecule has 0 amide bonds. The molecule has 0 saturated heterocycles. The lowest BCUT2D eigenvalue weighted by Crippen LogP contribution is -2.37. The van der Waals surface area contributed by atoms with Gasteiger partial charge in [0, 0.05) is 6.42 Å². The van der Waals surface area contributed by atoms with Gasteiger partial charge in [0.05, 0.1) is 6.61 Å². The van der Waals surface area contributed by atoms with Crippen molar-refractivity contribution >= 4 is 5.97 Å². The third-order valence-corrected chi connectivity index (χ3v) is 2.24. The molecule has 0 aliphatic carbocycles. The third-order valence-electron chi connectivity index (χ3n) is 2.24. The van der Waals surface area contributed by atoms with Crippen LogP contribution in [0, 0.1) is 5.82 Å². The Morgan fingerprint density at radius 1 is 1.47 bits per heavy atom. The van der Waals surface area contributed by atoms with Gasteiger partial charge in [0.1, 0.15) is 17.6 Å². The monoisotopic (exact) mass is 241 g/mol. The number of halogens is 1. The number of carbonyl (C=O) groups is 1. The fourth-order valence-corrected chi connectivity index (χ4v) is 1.38. The average molecular weight is 241 g/mol. The zero-order valence-corrected chi connectivity index (χ0v) is 9.65. The number of carboxylic acid groups (broad SMARTS) is 1. The van der Waals surface area contributed by atoms with E-state index in [0.717, 1.165) is 0 Å². The summed E-state index contributed by atoms with van der Waals surface area (Å²) in [5.41, 5.74) is 0. The van der Waals surface area contributed by atoms with Crippen molar-refractivity contribution in [3.63, 3.8) is 0 Å². The van der Waals surface area contributed by atoms with E-state index in [-0.39, 0.29) is 12.4 Å². The Hall–Kier alpha value is -1.62. The summed E-state index contributed by atoms with van der Waals surface area (Å²) in [5.74, 6) is -0.685. The van der Waals surface area contributed by atoms with Gasteiger partial charge in [0.25, 0.3) is 0 Å². The number of nitrogens with one attached hydrogen (secondary N) is 1. The van der Waals surface area contributed by atoms with Crippen LogP contribution in [0.1, 0.15) is 13.3 Å². The largest absolute Gasteiger partial charge is 0.494 e. The maximum Gasteiger partial charge on any atom is 0.320 e. The van der Waals surface area contributed by atoms with E-state index in [1.165, 1.54) is 24.3 Å². The van der Waals surface area contributed by atoms with Crippen molar-refractivity contribution < 1.29 is 19.0 Å². The highest BCUT2D eigenvalue weighted by Crippen LogP contribution is 2.11. The molecule has 0 aliphatic rings. The topological polar surface area (TPSA) is 58.6 Å². The van der Waals surface area contributed by atoms with Crippen LogP contribution in [0.5, 0.6) is 5.75 Å². The van der Waals surface area contributed by atoms with Crippen LogP contribution in [-0.4, -0.2) is 30.3 Å². The molecule has 1 aromatic carbocycles. The molecule has 0 spiro atoms. The molecular weight excluding hydrogens is 225 g/mol. The first kappa shape index (κ1) is 13.4. The summed E-state index contributed by atoms with van der Waals surface area (Å²) in [6, 6.07) is 5.01. The molecule has 4 nitrogen and oxygen atoms in total. The van der Waals surface area contributed by atoms with Crippen molar-refractivity contribution in [2.75, 3.05) is 13.2 Å². The lowest BCUT2D eigenvalue weighted by molar-refractivity contribution is -0.139. The molecule has 1 atom stereocenters. The predicted molar refractivity (Wildman–Crippen MR) is 61.6 cm³/mol. The van der Waals surface area contributed by atoms with Gasteiger partial charge in [-0.1, -0.05) is 6.92 Å². The minimum Gasteiger partial charge on any atom is -0.494 e. The van der Waals surface area contributed by atoms with Gasteiger partial charge in [-0.05, 0) is 30.8 Å². The van der Waals surface area contributed by atoms with E-state index in [1.54, 1.807) is 0 Å². The summed E-state index contributed by atoms with van der Waals surface area (Å²) in [7, 11) is 0. The summed E-state index contributed by atoms with van der Waals surface area (Å²) in [6.45, 7) is 2.71. The van der Waals surface area contributed by atoms with Crippen molar-refractivity contribution in [3.8, 4) is 5.75 Å². The molecule has 2 N–H and O–H groups in total. The Morgan fingerprint density at radius 2 is 2.12 bits per heavy atom. The van der Waals surface area contributed by atoms with Gasteiger partial charge in [0.15, 0.2) is 0 Å². The molecule has 1 rings (SSSR count). The molecule has 0 radical (unpaired) electrons. The minimum atomic E-state index is -0.894. The van der Waals surface area contributed by atoms with Gasteiger partial charge in [-0.25, -0.2) is 4.39 Å². The van der Waals surface area contributed by atoms with Gasteiger partial charge in [-0.2, -0.15) is 0 Å². The zero-order chi connectivity index (χ0) is 12.7. The number of hydrogen-bond acceptors (Lipinski definition) is 3. The van der Waals surface area contributed by atoms with Gasteiger partial charge < -0.3 is 15.2 Å². The molecule has 0 saturated carbocycles. The predicted octanol–water partition coefficient (Wildman–Crippen LogP) is 1.66. The van der Waals surface area contributed by atoms with E-state index in [1.807, 2.05) is 6.92 Å². The van der Waals surface area contributed by atoms with Crippen LogP contribution in [-0.2, 0) is 4.79 Å². The fraction of sp³-hybridized carbons (Fsp3) is 0.417. The number of carboxylic acids is 1. The van der Waals surface area contributed by atoms with E-state index in [0.29, 0.717) is 18.7 Å². The van der Waals surface area contributed by atoms with Gasteiger partial charge >= 0.3 is 5.97 Å². The first-order valence-corrected chi connectivity index (χ1v) is 5.48. The molecule has 0 bridgehead atoms. The second kappa shape index (κ2) is 6.85. The van der Waals surface area contributed by atoms with Crippen molar-refractivity contribution in [2.24, 2.45) is 0 Å². The molecule has 0 aromatic heterocycles. The van der Waals surface area contributed by atoms with Gasteiger partial charge in [-0.3, -0.25) is 4.79 Å². The molecule has 0 heterocycles. The first-order chi connectivity index (χ1) is 8.13. The Kier molecular flexibility index (Phi) is 5.42. The molecule has 94 valence electrons. The zero-order valence-electron chi connectivity index (χ0n) is 9.65. The van der Waals surface area contributed by atoms with Gasteiger partial charge in [-0.15, -0.1) is 0 Å². The number of ether oxygens (including phenoxy) is 1. The average Bonchev–Trinajstić information content (AvgIpc) is 2.30.